The summed E-state index contributed by atoms with van der Waals surface area (Å²) in [5.41, 5.74) is 7.62. The first-order chi connectivity index (χ1) is 14.3. The van der Waals surface area contributed by atoms with Crippen molar-refractivity contribution in [1.29, 1.82) is 0 Å². The normalized spacial score (nSPS) is 11.5. The Labute approximate surface area is 172 Å². The van der Waals surface area contributed by atoms with Gasteiger partial charge in [-0.05, 0) is 24.3 Å². The number of fused-ring (bicyclic) bond motifs is 2. The van der Waals surface area contributed by atoms with Crippen LogP contribution in [-0.2, 0) is 0 Å². The van der Waals surface area contributed by atoms with E-state index in [-0.39, 0.29) is 0 Å². The van der Waals surface area contributed by atoms with Crippen molar-refractivity contribution in [2.24, 2.45) is 5.10 Å². The number of halogens is 1. The van der Waals surface area contributed by atoms with Gasteiger partial charge in [-0.2, -0.15) is 5.10 Å². The molecule has 0 aliphatic rings. The minimum absolute atomic E-state index is 0.426. The lowest BCUT2D eigenvalue weighted by molar-refractivity contribution is 1.16. The van der Waals surface area contributed by atoms with Gasteiger partial charge >= 0.3 is 0 Å². The van der Waals surface area contributed by atoms with Crippen LogP contribution in [0.2, 0.25) is 5.02 Å². The third kappa shape index (κ3) is 3.44. The first kappa shape index (κ1) is 17.4. The van der Waals surface area contributed by atoms with Gasteiger partial charge in [-0.15, -0.1) is 0 Å². The van der Waals surface area contributed by atoms with Gasteiger partial charge in [-0.3, -0.25) is 0 Å². The number of hydrogen-bond acceptors (Lipinski definition) is 4. The molecule has 0 aliphatic heterocycles. The molecule has 0 aliphatic carbocycles. The van der Waals surface area contributed by atoms with Crippen LogP contribution < -0.4 is 5.43 Å². The largest absolute Gasteiger partial charge is 0.361 e. The topological polar surface area (TPSA) is 66.0 Å². The summed E-state index contributed by atoms with van der Waals surface area (Å²) in [6.45, 7) is 0. The van der Waals surface area contributed by atoms with Gasteiger partial charge in [0.05, 0.1) is 17.4 Å². The number of para-hydroxylation sites is 1. The van der Waals surface area contributed by atoms with E-state index in [0.29, 0.717) is 11.0 Å². The zero-order chi connectivity index (χ0) is 19.6. The Hall–Kier alpha value is -3.70. The summed E-state index contributed by atoms with van der Waals surface area (Å²) in [6, 6.07) is 23.7. The molecule has 0 fully saturated rings. The number of rotatable bonds is 4. The fourth-order valence-electron chi connectivity index (χ4n) is 3.33. The minimum Gasteiger partial charge on any atom is -0.361 e. The molecule has 29 heavy (non-hydrogen) atoms. The summed E-state index contributed by atoms with van der Waals surface area (Å²) >= 11 is 6.21. The Kier molecular flexibility index (Phi) is 4.42. The molecule has 3 aromatic carbocycles. The van der Waals surface area contributed by atoms with E-state index in [1.165, 1.54) is 0 Å². The molecule has 2 aromatic heterocycles. The van der Waals surface area contributed by atoms with Crippen LogP contribution in [0.3, 0.4) is 0 Å². The summed E-state index contributed by atoms with van der Waals surface area (Å²) in [6.07, 6.45) is 3.69. The van der Waals surface area contributed by atoms with Crippen molar-refractivity contribution in [3.8, 4) is 11.3 Å². The van der Waals surface area contributed by atoms with Crippen LogP contribution in [0.25, 0.3) is 33.1 Å². The molecule has 0 unspecified atom stereocenters. The zero-order valence-corrected chi connectivity index (χ0v) is 16.1. The summed E-state index contributed by atoms with van der Waals surface area (Å²) in [4.78, 5) is 12.5. The quantitative estimate of drug-likeness (QED) is 0.294. The molecule has 5 aromatic rings. The maximum Gasteiger partial charge on any atom is 0.244 e. The molecule has 2 heterocycles. The number of hydrogen-bond donors (Lipinski definition) is 2. The van der Waals surface area contributed by atoms with Crippen LogP contribution in [0.5, 0.6) is 0 Å². The smallest absolute Gasteiger partial charge is 0.244 e. The molecule has 6 heteroatoms. The van der Waals surface area contributed by atoms with E-state index >= 15 is 0 Å². The van der Waals surface area contributed by atoms with Crippen molar-refractivity contribution < 1.29 is 0 Å². The average Bonchev–Trinajstić information content (AvgIpc) is 3.17. The summed E-state index contributed by atoms with van der Waals surface area (Å²) in [5, 5.41) is 7.00. The lowest BCUT2D eigenvalue weighted by Crippen LogP contribution is -1.99. The van der Waals surface area contributed by atoms with Crippen LogP contribution in [0.15, 0.2) is 84.1 Å². The SMILES string of the molecule is Clc1ccc2nc(NN=Cc3c[nH]c4ccccc34)nc(-c3ccccc3)c2c1. The summed E-state index contributed by atoms with van der Waals surface area (Å²) in [7, 11) is 0. The Balaban J connectivity index is 1.53. The maximum atomic E-state index is 6.21. The van der Waals surface area contributed by atoms with E-state index < -0.39 is 0 Å². The molecule has 140 valence electrons. The standard InChI is InChI=1S/C23H16ClN5/c24-17-10-11-21-19(12-17)22(15-6-2-1-3-7-15)28-23(27-21)29-26-14-16-13-25-20-9-5-4-8-18(16)20/h1-14,25H,(H,27,28,29). The van der Waals surface area contributed by atoms with Gasteiger partial charge in [0.2, 0.25) is 5.95 Å². The van der Waals surface area contributed by atoms with Gasteiger partial charge in [0, 0.05) is 38.6 Å². The number of hydrazone groups is 1. The van der Waals surface area contributed by atoms with Gasteiger partial charge in [-0.25, -0.2) is 15.4 Å². The van der Waals surface area contributed by atoms with Gasteiger partial charge in [0.25, 0.3) is 0 Å². The lowest BCUT2D eigenvalue weighted by Gasteiger charge is -2.09. The molecule has 5 nitrogen and oxygen atoms in total. The molecular formula is C23H16ClN5. The van der Waals surface area contributed by atoms with E-state index in [4.69, 9.17) is 16.6 Å². The Morgan fingerprint density at radius 1 is 0.897 bits per heavy atom. The van der Waals surface area contributed by atoms with E-state index in [2.05, 4.69) is 26.6 Å². The van der Waals surface area contributed by atoms with Crippen molar-refractivity contribution >= 4 is 45.6 Å². The maximum absolute atomic E-state index is 6.21. The van der Waals surface area contributed by atoms with E-state index in [1.54, 1.807) is 6.21 Å². The number of anilines is 1. The van der Waals surface area contributed by atoms with E-state index in [0.717, 1.165) is 38.6 Å². The van der Waals surface area contributed by atoms with Crippen LogP contribution in [0.4, 0.5) is 5.95 Å². The predicted molar refractivity (Wildman–Crippen MR) is 119 cm³/mol. The second-order valence-electron chi connectivity index (χ2n) is 6.58. The molecular weight excluding hydrogens is 382 g/mol. The molecule has 5 rings (SSSR count). The molecule has 0 saturated carbocycles. The van der Waals surface area contributed by atoms with Crippen LogP contribution >= 0.6 is 11.6 Å². The Bertz CT molecular complexity index is 1340. The van der Waals surface area contributed by atoms with Crippen molar-refractivity contribution in [2.75, 3.05) is 5.43 Å². The zero-order valence-electron chi connectivity index (χ0n) is 15.3. The van der Waals surface area contributed by atoms with Gasteiger partial charge in [0.1, 0.15) is 0 Å². The third-order valence-electron chi connectivity index (χ3n) is 4.69. The van der Waals surface area contributed by atoms with E-state index in [1.807, 2.05) is 72.9 Å². The number of H-pyrrole nitrogens is 1. The lowest BCUT2D eigenvalue weighted by atomic mass is 10.1. The van der Waals surface area contributed by atoms with Crippen molar-refractivity contribution in [2.45, 2.75) is 0 Å². The van der Waals surface area contributed by atoms with Crippen molar-refractivity contribution in [1.82, 2.24) is 15.0 Å². The number of nitrogens with zero attached hydrogens (tertiary/aromatic N) is 3. The minimum atomic E-state index is 0.426. The van der Waals surface area contributed by atoms with Crippen molar-refractivity contribution in [3.05, 3.63) is 89.6 Å². The molecule has 2 N–H and O–H groups in total. The first-order valence-corrected chi connectivity index (χ1v) is 9.54. The van der Waals surface area contributed by atoms with Crippen LogP contribution in [-0.4, -0.2) is 21.2 Å². The number of aromatic nitrogens is 3. The highest BCUT2D eigenvalue weighted by Gasteiger charge is 2.10. The highest BCUT2D eigenvalue weighted by Crippen LogP contribution is 2.29. The fraction of sp³-hybridized carbons (Fsp3) is 0. The molecule has 0 bridgehead atoms. The highest BCUT2D eigenvalue weighted by atomic mass is 35.5. The molecule has 0 spiro atoms. The monoisotopic (exact) mass is 397 g/mol. The molecule has 0 saturated heterocycles. The average molecular weight is 398 g/mol. The van der Waals surface area contributed by atoms with Gasteiger partial charge in [-0.1, -0.05) is 60.1 Å². The van der Waals surface area contributed by atoms with Crippen molar-refractivity contribution in [3.63, 3.8) is 0 Å². The second kappa shape index (κ2) is 7.37. The Morgan fingerprint density at radius 3 is 2.62 bits per heavy atom. The highest BCUT2D eigenvalue weighted by molar-refractivity contribution is 6.31. The number of aromatic amines is 1. The number of nitrogens with one attached hydrogen (secondary N) is 2. The van der Waals surface area contributed by atoms with E-state index in [9.17, 15) is 0 Å². The van der Waals surface area contributed by atoms with Crippen LogP contribution in [0.1, 0.15) is 5.56 Å². The van der Waals surface area contributed by atoms with Crippen LogP contribution in [0, 0.1) is 0 Å². The molecule has 0 amide bonds. The Morgan fingerprint density at radius 2 is 1.72 bits per heavy atom. The summed E-state index contributed by atoms with van der Waals surface area (Å²) < 4.78 is 0. The van der Waals surface area contributed by atoms with Gasteiger partial charge < -0.3 is 4.98 Å². The van der Waals surface area contributed by atoms with Gasteiger partial charge in [0.15, 0.2) is 0 Å². The molecule has 0 atom stereocenters. The molecule has 0 radical (unpaired) electrons. The predicted octanol–water partition coefficient (Wildman–Crippen LogP) is 5.88. The fourth-order valence-corrected chi connectivity index (χ4v) is 3.50. The third-order valence-corrected chi connectivity index (χ3v) is 4.93. The first-order valence-electron chi connectivity index (χ1n) is 9.16. The second-order valence-corrected chi connectivity index (χ2v) is 7.02. The summed E-state index contributed by atoms with van der Waals surface area (Å²) in [5.74, 6) is 0.426. The number of benzene rings is 3.